The molecule has 10 heteroatoms. The lowest BCUT2D eigenvalue weighted by molar-refractivity contribution is -0.143. The first-order valence-electron chi connectivity index (χ1n) is 10.1. The minimum absolute atomic E-state index is 0.0286. The van der Waals surface area contributed by atoms with Crippen LogP contribution in [-0.4, -0.2) is 22.9 Å². The molecule has 31 heavy (non-hydrogen) atoms. The molecule has 1 aromatic rings. The zero-order valence-corrected chi connectivity index (χ0v) is 16.6. The van der Waals surface area contributed by atoms with Gasteiger partial charge < -0.3 is 10.4 Å². The molecule has 0 saturated heterocycles. The minimum Gasteiger partial charge on any atom is -0.393 e. The number of Topliss-reactive ketones (excluding diaryl/α,β-unsaturated/α-hetero) is 1. The molecule has 3 unspecified atom stereocenters. The van der Waals surface area contributed by atoms with Crippen LogP contribution in [0, 0.1) is 11.3 Å². The zero-order chi connectivity index (χ0) is 23.0. The number of aliphatic hydroxyl groups excluding tert-OH is 1. The number of benzene rings is 1. The molecule has 4 nitrogen and oxygen atoms in total. The van der Waals surface area contributed by atoms with Crippen LogP contribution in [0.4, 0.5) is 26.3 Å². The van der Waals surface area contributed by atoms with Crippen molar-refractivity contribution < 1.29 is 41.0 Å². The molecule has 0 bridgehead atoms. The highest BCUT2D eigenvalue weighted by molar-refractivity contribution is 5.93. The van der Waals surface area contributed by atoms with Gasteiger partial charge in [-0.2, -0.15) is 26.3 Å². The van der Waals surface area contributed by atoms with Crippen LogP contribution in [0.25, 0.3) is 0 Å². The van der Waals surface area contributed by atoms with E-state index in [9.17, 15) is 41.0 Å². The van der Waals surface area contributed by atoms with E-state index in [1.54, 1.807) is 0 Å². The Hall–Kier alpha value is -2.10. The number of rotatable bonds is 4. The Labute approximate surface area is 175 Å². The lowest BCUT2D eigenvalue weighted by atomic mass is 9.65. The molecule has 2 aliphatic rings. The summed E-state index contributed by atoms with van der Waals surface area (Å²) >= 11 is 0. The smallest absolute Gasteiger partial charge is 0.393 e. The molecule has 172 valence electrons. The normalized spacial score (nSPS) is 27.4. The van der Waals surface area contributed by atoms with Gasteiger partial charge in [-0.15, -0.1) is 0 Å². The van der Waals surface area contributed by atoms with Crippen molar-refractivity contribution in [3.8, 4) is 0 Å². The van der Waals surface area contributed by atoms with E-state index in [-0.39, 0.29) is 36.7 Å². The topological polar surface area (TPSA) is 66.4 Å². The summed E-state index contributed by atoms with van der Waals surface area (Å²) in [4.78, 5) is 25.1. The van der Waals surface area contributed by atoms with Gasteiger partial charge >= 0.3 is 12.4 Å². The van der Waals surface area contributed by atoms with Crippen LogP contribution in [-0.2, 0) is 28.5 Å². The quantitative estimate of drug-likeness (QED) is 0.656. The summed E-state index contributed by atoms with van der Waals surface area (Å²) in [7, 11) is 0. The number of carbonyl (C=O) groups excluding carboxylic acids is 2. The van der Waals surface area contributed by atoms with Crippen LogP contribution in [0.15, 0.2) is 18.2 Å². The number of ketones is 1. The van der Waals surface area contributed by atoms with Crippen LogP contribution >= 0.6 is 0 Å². The third-order valence-electron chi connectivity index (χ3n) is 6.35. The van der Waals surface area contributed by atoms with E-state index in [0.717, 1.165) is 12.8 Å². The fourth-order valence-electron chi connectivity index (χ4n) is 4.81. The first kappa shape index (κ1) is 23.6. The SMILES string of the molecule is O=C1CCC(C(=O)NCc2cc(C(F)(F)F)cc(C(F)(F)F)c2)(C2CCCCC2O)C1. The van der Waals surface area contributed by atoms with Crippen LogP contribution in [0.2, 0.25) is 0 Å². The highest BCUT2D eigenvalue weighted by Gasteiger charge is 2.52. The van der Waals surface area contributed by atoms with Gasteiger partial charge in [0, 0.05) is 19.4 Å². The van der Waals surface area contributed by atoms with Crippen molar-refractivity contribution in [2.24, 2.45) is 11.3 Å². The summed E-state index contributed by atoms with van der Waals surface area (Å²) in [5.41, 5.74) is -4.45. The summed E-state index contributed by atoms with van der Waals surface area (Å²) in [6, 6.07) is 1.16. The van der Waals surface area contributed by atoms with Gasteiger partial charge in [0.05, 0.1) is 22.6 Å². The summed E-state index contributed by atoms with van der Waals surface area (Å²) in [5.74, 6) is -1.23. The summed E-state index contributed by atoms with van der Waals surface area (Å²) in [5, 5.41) is 12.9. The molecule has 0 radical (unpaired) electrons. The number of hydrogen-bond donors (Lipinski definition) is 2. The van der Waals surface area contributed by atoms with Crippen LogP contribution in [0.3, 0.4) is 0 Å². The monoisotopic (exact) mass is 451 g/mol. The highest BCUT2D eigenvalue weighted by Crippen LogP contribution is 2.49. The van der Waals surface area contributed by atoms with Gasteiger partial charge in [0.15, 0.2) is 0 Å². The largest absolute Gasteiger partial charge is 0.416 e. The van der Waals surface area contributed by atoms with Gasteiger partial charge in [0.1, 0.15) is 5.78 Å². The standard InChI is InChI=1S/C21H23F6NO3/c22-20(23,24)13-7-12(8-14(9-13)21(25,26)27)11-28-18(31)19(6-5-15(29)10-19)16-3-1-2-4-17(16)30/h7-9,16-17,30H,1-6,10-11H2,(H,28,31). The molecule has 0 aliphatic heterocycles. The Balaban J connectivity index is 1.85. The van der Waals surface area contributed by atoms with Crippen molar-refractivity contribution in [2.45, 2.75) is 69.9 Å². The lowest BCUT2D eigenvalue weighted by Crippen LogP contribution is -2.49. The predicted molar refractivity (Wildman–Crippen MR) is 97.5 cm³/mol. The first-order chi connectivity index (χ1) is 14.3. The molecule has 0 heterocycles. The van der Waals surface area contributed by atoms with Crippen molar-refractivity contribution in [3.05, 3.63) is 34.9 Å². The molecule has 1 amide bonds. The fourth-order valence-corrected chi connectivity index (χ4v) is 4.81. The Kier molecular flexibility index (Phi) is 6.42. The molecular weight excluding hydrogens is 428 g/mol. The van der Waals surface area contributed by atoms with Gasteiger partial charge in [-0.05, 0) is 48.9 Å². The molecule has 3 rings (SSSR count). The Morgan fingerprint density at radius 2 is 1.61 bits per heavy atom. The number of aliphatic hydroxyl groups is 1. The third kappa shape index (κ3) is 5.05. The number of alkyl halides is 6. The number of nitrogens with one attached hydrogen (secondary N) is 1. The van der Waals surface area contributed by atoms with Crippen molar-refractivity contribution >= 4 is 11.7 Å². The minimum atomic E-state index is -4.98. The Morgan fingerprint density at radius 1 is 1.03 bits per heavy atom. The van der Waals surface area contributed by atoms with Gasteiger partial charge in [-0.25, -0.2) is 0 Å². The van der Waals surface area contributed by atoms with E-state index in [4.69, 9.17) is 0 Å². The number of amides is 1. The van der Waals surface area contributed by atoms with E-state index in [1.165, 1.54) is 0 Å². The van der Waals surface area contributed by atoms with Crippen molar-refractivity contribution in [1.29, 1.82) is 0 Å². The van der Waals surface area contributed by atoms with Gasteiger partial charge in [0.2, 0.25) is 5.91 Å². The van der Waals surface area contributed by atoms with E-state index in [0.29, 0.717) is 25.0 Å². The summed E-state index contributed by atoms with van der Waals surface area (Å²) in [6.07, 6.45) is -7.90. The molecule has 0 spiro atoms. The second-order valence-electron chi connectivity index (χ2n) is 8.43. The number of halogens is 6. The van der Waals surface area contributed by atoms with Crippen LogP contribution in [0.5, 0.6) is 0 Å². The fraction of sp³-hybridized carbons (Fsp3) is 0.619. The maximum absolute atomic E-state index is 13.1. The second-order valence-corrected chi connectivity index (χ2v) is 8.43. The number of hydrogen-bond acceptors (Lipinski definition) is 3. The van der Waals surface area contributed by atoms with E-state index >= 15 is 0 Å². The lowest BCUT2D eigenvalue weighted by Gasteiger charge is -2.41. The average molecular weight is 451 g/mol. The second kappa shape index (κ2) is 8.44. The van der Waals surface area contributed by atoms with Crippen LogP contribution in [0.1, 0.15) is 61.6 Å². The molecule has 3 atom stereocenters. The third-order valence-corrected chi connectivity index (χ3v) is 6.35. The molecule has 2 saturated carbocycles. The van der Waals surface area contributed by atoms with Crippen molar-refractivity contribution in [1.82, 2.24) is 5.32 Å². The van der Waals surface area contributed by atoms with E-state index in [2.05, 4.69) is 5.32 Å². The molecule has 0 aromatic heterocycles. The van der Waals surface area contributed by atoms with Gasteiger partial charge in [-0.3, -0.25) is 9.59 Å². The molecular formula is C21H23F6NO3. The van der Waals surface area contributed by atoms with Gasteiger partial charge in [0.25, 0.3) is 0 Å². The summed E-state index contributed by atoms with van der Waals surface area (Å²) < 4.78 is 78.3. The number of carbonyl (C=O) groups is 2. The van der Waals surface area contributed by atoms with E-state index < -0.39 is 53.4 Å². The predicted octanol–water partition coefficient (Wildman–Crippen LogP) is 4.63. The zero-order valence-electron chi connectivity index (χ0n) is 16.6. The molecule has 2 fully saturated rings. The van der Waals surface area contributed by atoms with E-state index in [1.807, 2.05) is 0 Å². The molecule has 2 aliphatic carbocycles. The average Bonchev–Trinajstić information content (AvgIpc) is 3.07. The van der Waals surface area contributed by atoms with Crippen molar-refractivity contribution in [3.63, 3.8) is 0 Å². The molecule has 1 aromatic carbocycles. The summed E-state index contributed by atoms with van der Waals surface area (Å²) in [6.45, 7) is -0.551. The Bertz CT molecular complexity index is 818. The highest BCUT2D eigenvalue weighted by atomic mass is 19.4. The van der Waals surface area contributed by atoms with Gasteiger partial charge in [-0.1, -0.05) is 12.8 Å². The first-order valence-corrected chi connectivity index (χ1v) is 10.1. The molecule has 2 N–H and O–H groups in total. The van der Waals surface area contributed by atoms with Crippen LogP contribution < -0.4 is 5.32 Å². The maximum atomic E-state index is 13.1. The maximum Gasteiger partial charge on any atom is 0.416 e. The van der Waals surface area contributed by atoms with Crippen molar-refractivity contribution in [2.75, 3.05) is 0 Å². The Morgan fingerprint density at radius 3 is 2.10 bits per heavy atom.